The van der Waals surface area contributed by atoms with Crippen LogP contribution in [0.3, 0.4) is 0 Å². The molecule has 6 nitrogen and oxygen atoms in total. The molecule has 0 rings (SSSR count). The molecule has 20 heavy (non-hydrogen) atoms. The minimum absolute atomic E-state index is 0.201. The Bertz CT molecular complexity index is 214. The second-order valence-electron chi connectivity index (χ2n) is 4.27. The van der Waals surface area contributed by atoms with Gasteiger partial charge in [0.05, 0.1) is 46.6 Å². The normalized spacial score (nSPS) is 10.7. The van der Waals surface area contributed by atoms with Crippen molar-refractivity contribution in [2.24, 2.45) is 0 Å². The van der Waals surface area contributed by atoms with Gasteiger partial charge in [-0.2, -0.15) is 0 Å². The van der Waals surface area contributed by atoms with Crippen LogP contribution in [0.15, 0.2) is 0 Å². The van der Waals surface area contributed by atoms with Gasteiger partial charge in [0, 0.05) is 19.7 Å². The lowest BCUT2D eigenvalue weighted by atomic mass is 10.4. The quantitative estimate of drug-likeness (QED) is 0.358. The molecule has 0 atom stereocenters. The average Bonchev–Trinajstić information content (AvgIpc) is 2.47. The lowest BCUT2D eigenvalue weighted by molar-refractivity contribution is -0.140. The van der Waals surface area contributed by atoms with Gasteiger partial charge in [0.1, 0.15) is 0 Å². The summed E-state index contributed by atoms with van der Waals surface area (Å²) >= 11 is 0. The van der Waals surface area contributed by atoms with Gasteiger partial charge < -0.3 is 24.3 Å². The van der Waals surface area contributed by atoms with E-state index < -0.39 is 0 Å². The van der Waals surface area contributed by atoms with Crippen LogP contribution >= 0.6 is 0 Å². The number of nitrogens with one attached hydrogen (secondary N) is 1. The monoisotopic (exact) mass is 291 g/mol. The molecule has 1 N–H and O–H groups in total. The highest BCUT2D eigenvalue weighted by molar-refractivity contribution is 5.69. The van der Waals surface area contributed by atoms with Crippen LogP contribution in [0.25, 0.3) is 0 Å². The van der Waals surface area contributed by atoms with Gasteiger partial charge in [-0.15, -0.1) is 0 Å². The van der Waals surface area contributed by atoms with Crippen molar-refractivity contribution in [3.8, 4) is 0 Å². The molecule has 0 aromatic carbocycles. The molecule has 0 aromatic rings. The van der Waals surface area contributed by atoms with E-state index in [1.165, 1.54) is 7.11 Å². The number of hydrogen-bond donors (Lipinski definition) is 1. The molecule has 0 saturated heterocycles. The second-order valence-corrected chi connectivity index (χ2v) is 4.27. The Hall–Kier alpha value is -0.690. The highest BCUT2D eigenvalue weighted by Gasteiger charge is 1.98. The Morgan fingerprint density at radius 1 is 0.900 bits per heavy atom. The van der Waals surface area contributed by atoms with Crippen molar-refractivity contribution in [1.82, 2.24) is 5.32 Å². The lowest BCUT2D eigenvalue weighted by Crippen LogP contribution is -2.23. The van der Waals surface area contributed by atoms with Crippen LogP contribution in [-0.2, 0) is 23.7 Å². The van der Waals surface area contributed by atoms with Crippen molar-refractivity contribution < 1.29 is 23.7 Å². The van der Waals surface area contributed by atoms with Crippen molar-refractivity contribution >= 4 is 5.97 Å². The molecule has 0 spiro atoms. The van der Waals surface area contributed by atoms with Gasteiger partial charge in [-0.05, 0) is 6.42 Å². The number of rotatable bonds is 15. The molecule has 0 aliphatic rings. The predicted molar refractivity (Wildman–Crippen MR) is 76.9 cm³/mol. The van der Waals surface area contributed by atoms with Gasteiger partial charge in [0.25, 0.3) is 0 Å². The molecule has 0 bridgehead atoms. The molecular formula is C14H29NO5. The Morgan fingerprint density at radius 2 is 1.50 bits per heavy atom. The summed E-state index contributed by atoms with van der Waals surface area (Å²) in [5, 5.41) is 3.09. The average molecular weight is 291 g/mol. The number of ether oxygens (including phenoxy) is 4. The topological polar surface area (TPSA) is 66.0 Å². The first kappa shape index (κ1) is 19.3. The van der Waals surface area contributed by atoms with Gasteiger partial charge in [0.15, 0.2) is 0 Å². The van der Waals surface area contributed by atoms with Gasteiger partial charge in [-0.3, -0.25) is 4.79 Å². The van der Waals surface area contributed by atoms with Crippen LogP contribution in [0.4, 0.5) is 0 Å². The van der Waals surface area contributed by atoms with E-state index in [0.29, 0.717) is 46.0 Å². The van der Waals surface area contributed by atoms with E-state index in [9.17, 15) is 4.79 Å². The van der Waals surface area contributed by atoms with E-state index in [4.69, 9.17) is 14.2 Å². The first-order valence-corrected chi connectivity index (χ1v) is 7.32. The van der Waals surface area contributed by atoms with E-state index in [0.717, 1.165) is 26.0 Å². The van der Waals surface area contributed by atoms with Crippen LogP contribution < -0.4 is 5.32 Å². The minimum Gasteiger partial charge on any atom is -0.469 e. The second kappa shape index (κ2) is 16.4. The Kier molecular flexibility index (Phi) is 15.8. The van der Waals surface area contributed by atoms with Gasteiger partial charge in [0.2, 0.25) is 0 Å². The van der Waals surface area contributed by atoms with Crippen LogP contribution in [-0.4, -0.2) is 65.8 Å². The number of methoxy groups -OCH3 is 1. The minimum atomic E-state index is -0.201. The van der Waals surface area contributed by atoms with Crippen molar-refractivity contribution in [3.05, 3.63) is 0 Å². The fourth-order valence-electron chi connectivity index (χ4n) is 1.35. The van der Waals surface area contributed by atoms with E-state index in [2.05, 4.69) is 17.0 Å². The van der Waals surface area contributed by atoms with Crippen LogP contribution in [0, 0.1) is 0 Å². The molecule has 0 fully saturated rings. The molecule has 0 unspecified atom stereocenters. The summed E-state index contributed by atoms with van der Waals surface area (Å²) in [7, 11) is 1.39. The smallest absolute Gasteiger partial charge is 0.306 e. The number of hydrogen-bond acceptors (Lipinski definition) is 6. The molecular weight excluding hydrogens is 262 g/mol. The van der Waals surface area contributed by atoms with Gasteiger partial charge in [-0.1, -0.05) is 13.3 Å². The fourth-order valence-corrected chi connectivity index (χ4v) is 1.35. The maximum Gasteiger partial charge on any atom is 0.306 e. The van der Waals surface area contributed by atoms with Gasteiger partial charge in [-0.25, -0.2) is 0 Å². The third-order valence-corrected chi connectivity index (χ3v) is 2.54. The number of carbonyl (C=O) groups is 1. The Balaban J connectivity index is 2.97. The number of carbonyl (C=O) groups excluding carboxylic acids is 1. The zero-order valence-electron chi connectivity index (χ0n) is 12.8. The van der Waals surface area contributed by atoms with Gasteiger partial charge >= 0.3 is 5.97 Å². The van der Waals surface area contributed by atoms with E-state index >= 15 is 0 Å². The van der Waals surface area contributed by atoms with E-state index in [-0.39, 0.29) is 5.97 Å². The summed E-state index contributed by atoms with van der Waals surface area (Å²) in [6.07, 6.45) is 2.64. The highest BCUT2D eigenvalue weighted by Crippen LogP contribution is 1.88. The number of esters is 1. The molecule has 6 heteroatoms. The van der Waals surface area contributed by atoms with E-state index in [1.807, 2.05) is 0 Å². The molecule has 0 aliphatic heterocycles. The summed E-state index contributed by atoms with van der Waals surface area (Å²) in [5.41, 5.74) is 0. The molecule has 0 aliphatic carbocycles. The molecule has 0 heterocycles. The largest absolute Gasteiger partial charge is 0.469 e. The first-order chi connectivity index (χ1) is 9.81. The molecule has 120 valence electrons. The van der Waals surface area contributed by atoms with Crippen LogP contribution in [0.5, 0.6) is 0 Å². The summed E-state index contributed by atoms with van der Waals surface area (Å²) in [4.78, 5) is 10.8. The van der Waals surface area contributed by atoms with E-state index in [1.54, 1.807) is 0 Å². The third-order valence-electron chi connectivity index (χ3n) is 2.54. The maximum absolute atomic E-state index is 10.8. The fraction of sp³-hybridized carbons (Fsp3) is 0.929. The lowest BCUT2D eigenvalue weighted by Gasteiger charge is -2.07. The molecule has 0 aromatic heterocycles. The first-order valence-electron chi connectivity index (χ1n) is 7.32. The SMILES string of the molecule is CCCCOCCOCCOCCNCCC(=O)OC. The summed E-state index contributed by atoms with van der Waals surface area (Å²) in [5.74, 6) is -0.201. The van der Waals surface area contributed by atoms with Crippen LogP contribution in [0.2, 0.25) is 0 Å². The Morgan fingerprint density at radius 3 is 2.10 bits per heavy atom. The molecule has 0 saturated carbocycles. The Labute approximate surface area is 122 Å². The van der Waals surface area contributed by atoms with Crippen molar-refractivity contribution in [2.45, 2.75) is 26.2 Å². The van der Waals surface area contributed by atoms with Crippen molar-refractivity contribution in [1.29, 1.82) is 0 Å². The number of unbranched alkanes of at least 4 members (excludes halogenated alkanes) is 1. The molecule has 0 amide bonds. The standard InChI is InChI=1S/C14H29NO5/c1-3-4-8-18-10-12-20-13-11-19-9-7-15-6-5-14(16)17-2/h15H,3-13H2,1-2H3. The predicted octanol–water partition coefficient (Wildman–Crippen LogP) is 0.989. The third kappa shape index (κ3) is 15.4. The molecule has 0 radical (unpaired) electrons. The van der Waals surface area contributed by atoms with Crippen molar-refractivity contribution in [2.75, 3.05) is 59.8 Å². The summed E-state index contributed by atoms with van der Waals surface area (Å²) in [6.45, 7) is 7.32. The highest BCUT2D eigenvalue weighted by atomic mass is 16.5. The summed E-state index contributed by atoms with van der Waals surface area (Å²) in [6, 6.07) is 0. The summed E-state index contributed by atoms with van der Waals surface area (Å²) < 4.78 is 20.6. The van der Waals surface area contributed by atoms with Crippen LogP contribution in [0.1, 0.15) is 26.2 Å². The van der Waals surface area contributed by atoms with Crippen molar-refractivity contribution in [3.63, 3.8) is 0 Å². The zero-order valence-corrected chi connectivity index (χ0v) is 12.8. The maximum atomic E-state index is 10.8. The zero-order chi connectivity index (χ0) is 14.9.